The van der Waals surface area contributed by atoms with Gasteiger partial charge in [0.1, 0.15) is 5.76 Å². The van der Waals surface area contributed by atoms with Crippen LogP contribution in [0.1, 0.15) is 17.2 Å². The zero-order valence-electron chi connectivity index (χ0n) is 13.2. The van der Waals surface area contributed by atoms with Crippen LogP contribution in [0.15, 0.2) is 57.7 Å². The lowest BCUT2D eigenvalue weighted by Crippen LogP contribution is -2.20. The van der Waals surface area contributed by atoms with Gasteiger partial charge in [0.05, 0.1) is 18.4 Å². The Kier molecular flexibility index (Phi) is 4.87. The average molecular weight is 363 g/mol. The van der Waals surface area contributed by atoms with E-state index in [1.54, 1.807) is 12.1 Å². The minimum absolute atomic E-state index is 0.0189. The van der Waals surface area contributed by atoms with Crippen LogP contribution in [0, 0.1) is 0 Å². The van der Waals surface area contributed by atoms with Crippen LogP contribution >= 0.6 is 0 Å². The van der Waals surface area contributed by atoms with Crippen molar-refractivity contribution in [3.8, 4) is 11.4 Å². The normalized spacial score (nSPS) is 11.8. The molecule has 1 N–H and O–H groups in total. The highest BCUT2D eigenvalue weighted by molar-refractivity contribution is 5.91. The summed E-state index contributed by atoms with van der Waals surface area (Å²) in [5.41, 5.74) is -0.391. The second kappa shape index (κ2) is 7.26. The van der Waals surface area contributed by atoms with E-state index in [1.165, 1.54) is 30.5 Å². The molecule has 26 heavy (non-hydrogen) atoms. The van der Waals surface area contributed by atoms with E-state index in [-0.39, 0.29) is 18.3 Å². The summed E-state index contributed by atoms with van der Waals surface area (Å²) in [6.07, 6.45) is -0.143. The van der Waals surface area contributed by atoms with E-state index in [0.717, 1.165) is 12.1 Å². The van der Waals surface area contributed by atoms with Crippen LogP contribution < -0.4 is 5.32 Å². The van der Waals surface area contributed by atoms with Crippen molar-refractivity contribution in [1.82, 2.24) is 15.5 Å². The molecule has 0 saturated heterocycles. The van der Waals surface area contributed by atoms with E-state index in [1.807, 2.05) is 0 Å². The molecule has 0 aliphatic carbocycles. The van der Waals surface area contributed by atoms with Crippen LogP contribution in [0.25, 0.3) is 17.5 Å². The first-order valence-electron chi connectivity index (χ1n) is 7.41. The van der Waals surface area contributed by atoms with Gasteiger partial charge in [-0.1, -0.05) is 17.3 Å². The third-order valence-corrected chi connectivity index (χ3v) is 3.29. The largest absolute Gasteiger partial charge is 0.465 e. The summed E-state index contributed by atoms with van der Waals surface area (Å²) in [5.74, 6) is 0.395. The van der Waals surface area contributed by atoms with Gasteiger partial charge < -0.3 is 14.3 Å². The molecule has 2 heterocycles. The van der Waals surface area contributed by atoms with E-state index < -0.39 is 17.6 Å². The highest BCUT2D eigenvalue weighted by Gasteiger charge is 2.30. The van der Waals surface area contributed by atoms with Gasteiger partial charge in [0.15, 0.2) is 0 Å². The van der Waals surface area contributed by atoms with Crippen molar-refractivity contribution in [3.63, 3.8) is 0 Å². The van der Waals surface area contributed by atoms with Crippen molar-refractivity contribution in [1.29, 1.82) is 0 Å². The zero-order valence-corrected chi connectivity index (χ0v) is 13.2. The molecule has 134 valence electrons. The predicted octanol–water partition coefficient (Wildman–Crippen LogP) is 3.68. The number of alkyl halides is 3. The molecule has 1 amide bonds. The van der Waals surface area contributed by atoms with Gasteiger partial charge in [-0.25, -0.2) is 0 Å². The molecule has 0 spiro atoms. The molecule has 0 unspecified atom stereocenters. The van der Waals surface area contributed by atoms with E-state index >= 15 is 0 Å². The first-order chi connectivity index (χ1) is 12.4. The summed E-state index contributed by atoms with van der Waals surface area (Å²) < 4.78 is 47.7. The highest BCUT2D eigenvalue weighted by Crippen LogP contribution is 2.30. The first kappa shape index (κ1) is 17.5. The standard InChI is InChI=1S/C17H12F3N3O3/c18-17(19,20)12-5-3-11(4-6-12)16-22-15(26-23-16)10-21-14(24)8-7-13-2-1-9-25-13/h1-9H,10H2,(H,21,24)/b8-7+. The number of amides is 1. The number of furan rings is 1. The molecule has 0 aliphatic heterocycles. The van der Waals surface area contributed by atoms with Crippen molar-refractivity contribution in [2.45, 2.75) is 12.7 Å². The SMILES string of the molecule is O=C(/C=C/c1ccco1)NCc1nc(-c2ccc(C(F)(F)F)cc2)no1. The monoisotopic (exact) mass is 363 g/mol. The molecule has 2 aromatic heterocycles. The van der Waals surface area contributed by atoms with Gasteiger partial charge in [0.2, 0.25) is 17.6 Å². The maximum Gasteiger partial charge on any atom is 0.416 e. The Morgan fingerprint density at radius 2 is 1.96 bits per heavy atom. The van der Waals surface area contributed by atoms with Crippen LogP contribution in [0.5, 0.6) is 0 Å². The summed E-state index contributed by atoms with van der Waals surface area (Å²) >= 11 is 0. The van der Waals surface area contributed by atoms with Gasteiger partial charge in [0.25, 0.3) is 0 Å². The lowest BCUT2D eigenvalue weighted by Gasteiger charge is -2.05. The fourth-order valence-electron chi connectivity index (χ4n) is 2.02. The number of aromatic nitrogens is 2. The van der Waals surface area contributed by atoms with Gasteiger partial charge in [-0.3, -0.25) is 4.79 Å². The molecule has 0 fully saturated rings. The zero-order chi connectivity index (χ0) is 18.6. The predicted molar refractivity (Wildman–Crippen MR) is 84.3 cm³/mol. The topological polar surface area (TPSA) is 81.2 Å². The van der Waals surface area contributed by atoms with Crippen molar-refractivity contribution >= 4 is 12.0 Å². The summed E-state index contributed by atoms with van der Waals surface area (Å²) in [6.45, 7) is -0.0189. The van der Waals surface area contributed by atoms with Gasteiger partial charge in [-0.15, -0.1) is 0 Å². The molecule has 9 heteroatoms. The number of nitrogens with zero attached hydrogens (tertiary/aromatic N) is 2. The third kappa shape index (κ3) is 4.38. The molecule has 1 aromatic carbocycles. The lowest BCUT2D eigenvalue weighted by atomic mass is 10.1. The number of hydrogen-bond donors (Lipinski definition) is 1. The number of carbonyl (C=O) groups is 1. The molecule has 0 aliphatic rings. The van der Waals surface area contributed by atoms with Crippen molar-refractivity contribution in [3.05, 3.63) is 66.0 Å². The summed E-state index contributed by atoms with van der Waals surface area (Å²) in [4.78, 5) is 15.7. The highest BCUT2D eigenvalue weighted by atomic mass is 19.4. The Morgan fingerprint density at radius 1 is 1.19 bits per heavy atom. The van der Waals surface area contributed by atoms with Crippen LogP contribution in [-0.2, 0) is 17.5 Å². The van der Waals surface area contributed by atoms with E-state index in [2.05, 4.69) is 15.5 Å². The summed E-state index contributed by atoms with van der Waals surface area (Å²) in [5, 5.41) is 6.23. The Morgan fingerprint density at radius 3 is 2.62 bits per heavy atom. The molecule has 0 radical (unpaired) electrons. The maximum absolute atomic E-state index is 12.6. The van der Waals surface area contributed by atoms with Crippen molar-refractivity contribution < 1.29 is 26.9 Å². The lowest BCUT2D eigenvalue weighted by molar-refractivity contribution is -0.137. The molecule has 0 saturated carbocycles. The van der Waals surface area contributed by atoms with Crippen LogP contribution in [0.2, 0.25) is 0 Å². The van der Waals surface area contributed by atoms with Gasteiger partial charge in [0, 0.05) is 11.6 Å². The average Bonchev–Trinajstić information content (AvgIpc) is 3.29. The van der Waals surface area contributed by atoms with Crippen LogP contribution in [0.3, 0.4) is 0 Å². The molecule has 6 nitrogen and oxygen atoms in total. The third-order valence-electron chi connectivity index (χ3n) is 3.29. The smallest absolute Gasteiger partial charge is 0.416 e. The van der Waals surface area contributed by atoms with E-state index in [0.29, 0.717) is 11.3 Å². The number of benzene rings is 1. The van der Waals surface area contributed by atoms with Crippen molar-refractivity contribution in [2.75, 3.05) is 0 Å². The Bertz CT molecular complexity index is 897. The molecular weight excluding hydrogens is 351 g/mol. The number of rotatable bonds is 5. The Hall–Kier alpha value is -3.36. The molecule has 3 aromatic rings. The summed E-state index contributed by atoms with van der Waals surface area (Å²) in [7, 11) is 0. The minimum Gasteiger partial charge on any atom is -0.465 e. The van der Waals surface area contributed by atoms with Gasteiger partial charge >= 0.3 is 6.18 Å². The quantitative estimate of drug-likeness (QED) is 0.700. The Labute approximate surface area is 145 Å². The maximum atomic E-state index is 12.6. The number of halogens is 3. The van der Waals surface area contributed by atoms with Crippen molar-refractivity contribution in [2.24, 2.45) is 0 Å². The van der Waals surface area contributed by atoms with E-state index in [9.17, 15) is 18.0 Å². The van der Waals surface area contributed by atoms with Gasteiger partial charge in [-0.05, 0) is 30.3 Å². The second-order valence-corrected chi connectivity index (χ2v) is 5.15. The fourth-order valence-corrected chi connectivity index (χ4v) is 2.02. The van der Waals surface area contributed by atoms with E-state index in [4.69, 9.17) is 8.94 Å². The number of hydrogen-bond acceptors (Lipinski definition) is 5. The number of carbonyl (C=O) groups excluding carboxylic acids is 1. The summed E-state index contributed by atoms with van der Waals surface area (Å²) in [6, 6.07) is 7.76. The van der Waals surface area contributed by atoms with Gasteiger partial charge in [-0.2, -0.15) is 18.2 Å². The Balaban J connectivity index is 1.58. The van der Waals surface area contributed by atoms with Crippen LogP contribution in [0.4, 0.5) is 13.2 Å². The van der Waals surface area contributed by atoms with Crippen LogP contribution in [-0.4, -0.2) is 16.0 Å². The first-order valence-corrected chi connectivity index (χ1v) is 7.41. The second-order valence-electron chi connectivity index (χ2n) is 5.15. The molecule has 0 bridgehead atoms. The minimum atomic E-state index is -4.41. The molecule has 3 rings (SSSR count). The molecular formula is C17H12F3N3O3. The fraction of sp³-hybridized carbons (Fsp3) is 0.118. The number of nitrogens with one attached hydrogen (secondary N) is 1. The molecule has 0 atom stereocenters.